The Morgan fingerprint density at radius 1 is 1.09 bits per heavy atom. The van der Waals surface area contributed by atoms with Crippen molar-refractivity contribution in [1.82, 2.24) is 19.6 Å². The number of nitrogens with zero attached hydrogens (tertiary/aromatic N) is 5. The second-order valence-corrected chi connectivity index (χ2v) is 9.25. The number of amides is 2. The van der Waals surface area contributed by atoms with E-state index in [1.165, 1.54) is 5.56 Å². The average Bonchev–Trinajstić information content (AvgIpc) is 3.62. The molecule has 0 saturated carbocycles. The fourth-order valence-electron chi connectivity index (χ4n) is 5.20. The molecule has 2 bridgehead atoms. The summed E-state index contributed by atoms with van der Waals surface area (Å²) in [6, 6.07) is 10.1. The molecule has 3 aliphatic rings. The van der Waals surface area contributed by atoms with Crippen LogP contribution < -0.4 is 5.73 Å². The number of likely N-dealkylation sites (tertiary alicyclic amines) is 3. The van der Waals surface area contributed by atoms with Crippen LogP contribution in [0.4, 0.5) is 0 Å². The standard InChI is InChI=1S/C23H32N6O2.2C2H6/c1-26(2)22(30)17-7-5-16(6-8-17)12-27-13-20-10-19(27)14-28(20)15-21(25)23(31)29-9-3-4-18(29)11-24;2*1-2/h5-8,18-21H,3-4,9-10,12-15,25H2,1-2H3;2*1-2H3/t18?,19-,20?,21?;;/m0../s1. The van der Waals surface area contributed by atoms with Crippen molar-refractivity contribution >= 4 is 11.8 Å². The Morgan fingerprint density at radius 2 is 1.69 bits per heavy atom. The summed E-state index contributed by atoms with van der Waals surface area (Å²) in [7, 11) is 3.52. The molecule has 2 N–H and O–H groups in total. The fourth-order valence-corrected chi connectivity index (χ4v) is 5.20. The third-order valence-electron chi connectivity index (χ3n) is 6.89. The Hall–Kier alpha value is -2.47. The van der Waals surface area contributed by atoms with Crippen LogP contribution in [-0.4, -0.2) is 95.9 Å². The molecule has 4 rings (SSSR count). The van der Waals surface area contributed by atoms with Crippen molar-refractivity contribution in [3.05, 3.63) is 35.4 Å². The van der Waals surface area contributed by atoms with Crippen molar-refractivity contribution < 1.29 is 9.59 Å². The molecule has 3 unspecified atom stereocenters. The number of rotatable bonds is 6. The lowest BCUT2D eigenvalue weighted by atomic mass is 10.1. The zero-order chi connectivity index (χ0) is 26.1. The van der Waals surface area contributed by atoms with Crippen LogP contribution in [-0.2, 0) is 11.3 Å². The summed E-state index contributed by atoms with van der Waals surface area (Å²) < 4.78 is 0. The molecule has 0 radical (unpaired) electrons. The average molecular weight is 485 g/mol. The Labute approximate surface area is 211 Å². The normalized spacial score (nSPS) is 24.1. The summed E-state index contributed by atoms with van der Waals surface area (Å²) in [6.45, 7) is 12.0. The first-order valence-corrected chi connectivity index (χ1v) is 13.1. The van der Waals surface area contributed by atoms with Gasteiger partial charge in [-0.1, -0.05) is 39.8 Å². The van der Waals surface area contributed by atoms with Crippen molar-refractivity contribution in [2.45, 2.75) is 77.7 Å². The summed E-state index contributed by atoms with van der Waals surface area (Å²) in [6.07, 6.45) is 2.73. The number of hydrogen-bond acceptors (Lipinski definition) is 6. The number of hydrogen-bond donors (Lipinski definition) is 1. The minimum atomic E-state index is -0.566. The van der Waals surface area contributed by atoms with Crippen molar-refractivity contribution in [3.63, 3.8) is 0 Å². The minimum absolute atomic E-state index is 0.0170. The van der Waals surface area contributed by atoms with E-state index < -0.39 is 6.04 Å². The molecule has 1 aromatic carbocycles. The third-order valence-corrected chi connectivity index (χ3v) is 6.89. The predicted octanol–water partition coefficient (Wildman–Crippen LogP) is 2.54. The van der Waals surface area contributed by atoms with Crippen LogP contribution >= 0.6 is 0 Å². The zero-order valence-corrected chi connectivity index (χ0v) is 22.4. The molecule has 35 heavy (non-hydrogen) atoms. The molecule has 3 heterocycles. The molecular weight excluding hydrogens is 440 g/mol. The molecule has 194 valence electrons. The van der Waals surface area contributed by atoms with Crippen LogP contribution in [0.15, 0.2) is 24.3 Å². The van der Waals surface area contributed by atoms with Gasteiger partial charge in [0, 0.05) is 64.5 Å². The largest absolute Gasteiger partial charge is 0.345 e. The van der Waals surface area contributed by atoms with Gasteiger partial charge in [0.25, 0.3) is 5.91 Å². The van der Waals surface area contributed by atoms with Crippen LogP contribution in [0.2, 0.25) is 0 Å². The van der Waals surface area contributed by atoms with E-state index in [2.05, 4.69) is 15.9 Å². The highest BCUT2D eigenvalue weighted by Gasteiger charge is 2.44. The maximum absolute atomic E-state index is 12.7. The van der Waals surface area contributed by atoms with Gasteiger partial charge in [0.15, 0.2) is 0 Å². The molecule has 8 heteroatoms. The van der Waals surface area contributed by atoms with E-state index in [4.69, 9.17) is 5.73 Å². The van der Waals surface area contributed by atoms with Gasteiger partial charge in [-0.05, 0) is 37.0 Å². The first-order valence-electron chi connectivity index (χ1n) is 13.1. The molecule has 0 aromatic heterocycles. The van der Waals surface area contributed by atoms with E-state index in [9.17, 15) is 14.9 Å². The van der Waals surface area contributed by atoms with Gasteiger partial charge in [-0.2, -0.15) is 5.26 Å². The third kappa shape index (κ3) is 6.81. The monoisotopic (exact) mass is 484 g/mol. The van der Waals surface area contributed by atoms with Crippen LogP contribution in [0.25, 0.3) is 0 Å². The molecule has 4 atom stereocenters. The summed E-state index contributed by atoms with van der Waals surface area (Å²) in [5.74, 6) is -0.0700. The maximum Gasteiger partial charge on any atom is 0.253 e. The first-order chi connectivity index (χ1) is 16.9. The molecule has 0 spiro atoms. The van der Waals surface area contributed by atoms with Gasteiger partial charge >= 0.3 is 0 Å². The Morgan fingerprint density at radius 3 is 2.23 bits per heavy atom. The van der Waals surface area contributed by atoms with Crippen LogP contribution in [0.1, 0.15) is 62.9 Å². The lowest BCUT2D eigenvalue weighted by molar-refractivity contribution is -0.133. The van der Waals surface area contributed by atoms with E-state index in [1.807, 2.05) is 52.0 Å². The van der Waals surface area contributed by atoms with Gasteiger partial charge in [-0.3, -0.25) is 19.4 Å². The Kier molecular flexibility index (Phi) is 11.2. The predicted molar refractivity (Wildman–Crippen MR) is 140 cm³/mol. The van der Waals surface area contributed by atoms with Gasteiger partial charge in [0.05, 0.1) is 12.1 Å². The topological polar surface area (TPSA) is 96.9 Å². The van der Waals surface area contributed by atoms with Gasteiger partial charge in [0.1, 0.15) is 6.04 Å². The molecule has 3 fully saturated rings. The van der Waals surface area contributed by atoms with Crippen LogP contribution in [0.5, 0.6) is 0 Å². The minimum Gasteiger partial charge on any atom is -0.345 e. The number of carbonyl (C=O) groups is 2. The van der Waals surface area contributed by atoms with Crippen molar-refractivity contribution in [1.29, 1.82) is 5.26 Å². The highest BCUT2D eigenvalue weighted by Crippen LogP contribution is 2.32. The molecule has 0 aliphatic carbocycles. The van der Waals surface area contributed by atoms with Crippen molar-refractivity contribution in [3.8, 4) is 6.07 Å². The smallest absolute Gasteiger partial charge is 0.253 e. The number of fused-ring (bicyclic) bond motifs is 2. The number of benzene rings is 1. The highest BCUT2D eigenvalue weighted by atomic mass is 16.2. The maximum atomic E-state index is 12.7. The van der Waals surface area contributed by atoms with Crippen LogP contribution in [0, 0.1) is 11.3 Å². The van der Waals surface area contributed by atoms with Gasteiger partial charge in [-0.25, -0.2) is 0 Å². The van der Waals surface area contributed by atoms with E-state index in [1.54, 1.807) is 23.9 Å². The lowest BCUT2D eigenvalue weighted by Gasteiger charge is -2.36. The number of piperazine rings is 1. The lowest BCUT2D eigenvalue weighted by Crippen LogP contribution is -2.54. The Balaban J connectivity index is 0.00000103. The fraction of sp³-hybridized carbons (Fsp3) is 0.667. The highest BCUT2D eigenvalue weighted by molar-refractivity contribution is 5.93. The molecule has 8 nitrogen and oxygen atoms in total. The van der Waals surface area contributed by atoms with E-state index in [0.29, 0.717) is 30.7 Å². The SMILES string of the molecule is CC.CC.CN(C)C(=O)c1ccc(CN2CC3C[C@H]2CN3CC(N)C(=O)N2CCCC2C#N)cc1. The van der Waals surface area contributed by atoms with E-state index >= 15 is 0 Å². The summed E-state index contributed by atoms with van der Waals surface area (Å²) in [4.78, 5) is 32.9. The van der Waals surface area contributed by atoms with Gasteiger partial charge < -0.3 is 15.5 Å². The van der Waals surface area contributed by atoms with Crippen molar-refractivity contribution in [2.75, 3.05) is 40.3 Å². The molecular formula is C27H44N6O2. The van der Waals surface area contributed by atoms with Gasteiger partial charge in [-0.15, -0.1) is 0 Å². The molecule has 3 saturated heterocycles. The first kappa shape index (κ1) is 28.8. The summed E-state index contributed by atoms with van der Waals surface area (Å²) in [5.41, 5.74) is 8.17. The molecule has 3 aliphatic heterocycles. The summed E-state index contributed by atoms with van der Waals surface area (Å²) >= 11 is 0. The number of carbonyl (C=O) groups excluding carboxylic acids is 2. The molecule has 1 aromatic rings. The second-order valence-electron chi connectivity index (χ2n) is 9.25. The number of nitriles is 1. The number of nitrogens with two attached hydrogens (primary N) is 1. The second kappa shape index (κ2) is 13.6. The zero-order valence-electron chi connectivity index (χ0n) is 22.4. The van der Waals surface area contributed by atoms with Crippen LogP contribution in [0.3, 0.4) is 0 Å². The van der Waals surface area contributed by atoms with Gasteiger partial charge in [0.2, 0.25) is 5.91 Å². The molecule has 2 amide bonds. The summed E-state index contributed by atoms with van der Waals surface area (Å²) in [5, 5.41) is 9.23. The quantitative estimate of drug-likeness (QED) is 0.667. The van der Waals surface area contributed by atoms with E-state index in [-0.39, 0.29) is 17.9 Å². The van der Waals surface area contributed by atoms with Crippen molar-refractivity contribution in [2.24, 2.45) is 5.73 Å². The Bertz CT molecular complexity index is 865. The van der Waals surface area contributed by atoms with E-state index in [0.717, 1.165) is 38.9 Å².